The van der Waals surface area contributed by atoms with Crippen LogP contribution in [0.25, 0.3) is 0 Å². The van der Waals surface area contributed by atoms with Crippen LogP contribution < -0.4 is 0 Å². The Balaban J connectivity index is 2.03. The second-order valence-corrected chi connectivity index (χ2v) is 5.00. The van der Waals surface area contributed by atoms with Gasteiger partial charge in [0.1, 0.15) is 6.10 Å². The molecule has 4 nitrogen and oxygen atoms in total. The normalized spacial score (nSPS) is 17.6. The van der Waals surface area contributed by atoms with E-state index in [9.17, 15) is 10.1 Å². The van der Waals surface area contributed by atoms with E-state index in [0.29, 0.717) is 12.2 Å². The molecule has 0 aromatic heterocycles. The molecule has 1 unspecified atom stereocenters. The molecule has 1 aliphatic rings. The van der Waals surface area contributed by atoms with Crippen LogP contribution in [-0.2, 0) is 11.2 Å². The van der Waals surface area contributed by atoms with Crippen molar-refractivity contribution in [2.75, 3.05) is 6.61 Å². The maximum absolute atomic E-state index is 10.9. The van der Waals surface area contributed by atoms with E-state index in [4.69, 9.17) is 4.74 Å². The van der Waals surface area contributed by atoms with E-state index in [-0.39, 0.29) is 16.7 Å². The number of hydrogen-bond acceptors (Lipinski definition) is 3. The number of fused-ring (bicyclic) bond motifs is 1. The Morgan fingerprint density at radius 3 is 2.80 bits per heavy atom. The second kappa shape index (κ2) is 5.06. The Kier molecular flexibility index (Phi) is 3.24. The van der Waals surface area contributed by atoms with Crippen molar-refractivity contribution < 1.29 is 9.66 Å². The summed E-state index contributed by atoms with van der Waals surface area (Å²) < 4.78 is 5.88. The SMILES string of the molecule is Cc1cc(C2OCCc3ccccc32)ccc1[N+](=O)[O-]. The van der Waals surface area contributed by atoms with Gasteiger partial charge in [0.25, 0.3) is 5.69 Å². The van der Waals surface area contributed by atoms with Crippen molar-refractivity contribution in [3.05, 3.63) is 74.8 Å². The fraction of sp³-hybridized carbons (Fsp3) is 0.250. The van der Waals surface area contributed by atoms with Crippen molar-refractivity contribution in [2.45, 2.75) is 19.4 Å². The molecule has 4 heteroatoms. The summed E-state index contributed by atoms with van der Waals surface area (Å²) >= 11 is 0. The van der Waals surface area contributed by atoms with E-state index in [2.05, 4.69) is 12.1 Å². The first kappa shape index (κ1) is 12.8. The van der Waals surface area contributed by atoms with Gasteiger partial charge in [-0.05, 0) is 42.2 Å². The number of nitrogens with zero attached hydrogens (tertiary/aromatic N) is 1. The Bertz CT molecular complexity index is 667. The molecule has 0 fully saturated rings. The number of benzene rings is 2. The number of rotatable bonds is 2. The van der Waals surface area contributed by atoms with Crippen LogP contribution >= 0.6 is 0 Å². The summed E-state index contributed by atoms with van der Waals surface area (Å²) in [6.45, 7) is 2.44. The smallest absolute Gasteiger partial charge is 0.272 e. The lowest BCUT2D eigenvalue weighted by molar-refractivity contribution is -0.385. The van der Waals surface area contributed by atoms with Crippen LogP contribution in [0.5, 0.6) is 0 Å². The van der Waals surface area contributed by atoms with Gasteiger partial charge in [0.2, 0.25) is 0 Å². The van der Waals surface area contributed by atoms with E-state index < -0.39 is 0 Å². The largest absolute Gasteiger partial charge is 0.368 e. The number of hydrogen-bond donors (Lipinski definition) is 0. The number of nitro benzene ring substituents is 1. The Hall–Kier alpha value is -2.20. The van der Waals surface area contributed by atoms with Gasteiger partial charge < -0.3 is 4.74 Å². The lowest BCUT2D eigenvalue weighted by atomic mass is 9.92. The van der Waals surface area contributed by atoms with Crippen LogP contribution in [-0.4, -0.2) is 11.5 Å². The summed E-state index contributed by atoms with van der Waals surface area (Å²) in [5.41, 5.74) is 4.24. The molecule has 2 aromatic carbocycles. The van der Waals surface area contributed by atoms with Crippen molar-refractivity contribution in [3.8, 4) is 0 Å². The third-order valence-corrected chi connectivity index (χ3v) is 3.71. The van der Waals surface area contributed by atoms with Gasteiger partial charge in [0, 0.05) is 11.6 Å². The molecule has 0 saturated carbocycles. The highest BCUT2D eigenvalue weighted by atomic mass is 16.6. The molecule has 0 spiro atoms. The van der Waals surface area contributed by atoms with Crippen molar-refractivity contribution in [1.29, 1.82) is 0 Å². The monoisotopic (exact) mass is 269 g/mol. The molecule has 1 aliphatic heterocycles. The highest BCUT2D eigenvalue weighted by Crippen LogP contribution is 2.34. The third kappa shape index (κ3) is 2.18. The molecule has 0 bridgehead atoms. The molecule has 0 saturated heterocycles. The molecule has 3 rings (SSSR count). The van der Waals surface area contributed by atoms with Crippen molar-refractivity contribution in [3.63, 3.8) is 0 Å². The summed E-state index contributed by atoms with van der Waals surface area (Å²) in [5.74, 6) is 0. The molecular formula is C16H15NO3. The topological polar surface area (TPSA) is 52.4 Å². The zero-order chi connectivity index (χ0) is 14.1. The van der Waals surface area contributed by atoms with Gasteiger partial charge in [0.15, 0.2) is 0 Å². The highest BCUT2D eigenvalue weighted by Gasteiger charge is 2.23. The van der Waals surface area contributed by atoms with Crippen LogP contribution in [0, 0.1) is 17.0 Å². The number of aryl methyl sites for hydroxylation is 1. The zero-order valence-electron chi connectivity index (χ0n) is 11.2. The van der Waals surface area contributed by atoms with Crippen LogP contribution in [0.2, 0.25) is 0 Å². The van der Waals surface area contributed by atoms with E-state index >= 15 is 0 Å². The van der Waals surface area contributed by atoms with Gasteiger partial charge in [-0.15, -0.1) is 0 Å². The van der Waals surface area contributed by atoms with E-state index in [1.54, 1.807) is 19.1 Å². The summed E-state index contributed by atoms with van der Waals surface area (Å²) in [6, 6.07) is 13.4. The molecule has 20 heavy (non-hydrogen) atoms. The average Bonchev–Trinajstić information content (AvgIpc) is 2.46. The summed E-state index contributed by atoms with van der Waals surface area (Å²) in [5, 5.41) is 10.9. The lowest BCUT2D eigenvalue weighted by Gasteiger charge is -2.26. The number of nitro groups is 1. The fourth-order valence-corrected chi connectivity index (χ4v) is 2.72. The van der Waals surface area contributed by atoms with Gasteiger partial charge in [-0.25, -0.2) is 0 Å². The lowest BCUT2D eigenvalue weighted by Crippen LogP contribution is -2.17. The average molecular weight is 269 g/mol. The quantitative estimate of drug-likeness (QED) is 0.618. The zero-order valence-corrected chi connectivity index (χ0v) is 11.2. The molecule has 1 heterocycles. The Morgan fingerprint density at radius 1 is 1.25 bits per heavy atom. The van der Waals surface area contributed by atoms with Crippen molar-refractivity contribution >= 4 is 5.69 Å². The minimum Gasteiger partial charge on any atom is -0.368 e. The maximum Gasteiger partial charge on any atom is 0.272 e. The first-order valence-corrected chi connectivity index (χ1v) is 6.61. The molecule has 2 aromatic rings. The minimum absolute atomic E-state index is 0.126. The van der Waals surface area contributed by atoms with Gasteiger partial charge >= 0.3 is 0 Å². The standard InChI is InChI=1S/C16H15NO3/c1-11-10-13(6-7-15(11)17(18)19)16-14-5-3-2-4-12(14)8-9-20-16/h2-7,10,16H,8-9H2,1H3. The summed E-state index contributed by atoms with van der Waals surface area (Å²) in [6.07, 6.45) is 0.790. The van der Waals surface area contributed by atoms with Crippen molar-refractivity contribution in [2.24, 2.45) is 0 Å². The summed E-state index contributed by atoms with van der Waals surface area (Å²) in [4.78, 5) is 10.5. The summed E-state index contributed by atoms with van der Waals surface area (Å²) in [7, 11) is 0. The molecule has 1 atom stereocenters. The Labute approximate surface area is 117 Å². The molecule has 0 radical (unpaired) electrons. The first-order chi connectivity index (χ1) is 9.66. The van der Waals surface area contributed by atoms with Crippen LogP contribution in [0.3, 0.4) is 0 Å². The minimum atomic E-state index is -0.352. The van der Waals surface area contributed by atoms with Crippen LogP contribution in [0.4, 0.5) is 5.69 Å². The van der Waals surface area contributed by atoms with Crippen LogP contribution in [0.15, 0.2) is 42.5 Å². The highest BCUT2D eigenvalue weighted by molar-refractivity contribution is 5.45. The van der Waals surface area contributed by atoms with Crippen molar-refractivity contribution in [1.82, 2.24) is 0 Å². The molecule has 102 valence electrons. The molecule has 0 N–H and O–H groups in total. The number of ether oxygens (including phenoxy) is 1. The molecular weight excluding hydrogens is 254 g/mol. The first-order valence-electron chi connectivity index (χ1n) is 6.61. The molecule has 0 amide bonds. The predicted molar refractivity (Wildman–Crippen MR) is 75.8 cm³/mol. The second-order valence-electron chi connectivity index (χ2n) is 5.00. The van der Waals surface area contributed by atoms with E-state index in [1.807, 2.05) is 18.2 Å². The van der Waals surface area contributed by atoms with E-state index in [0.717, 1.165) is 17.5 Å². The third-order valence-electron chi connectivity index (χ3n) is 3.71. The van der Waals surface area contributed by atoms with Gasteiger partial charge in [-0.2, -0.15) is 0 Å². The predicted octanol–water partition coefficient (Wildman–Crippen LogP) is 3.57. The van der Waals surface area contributed by atoms with Gasteiger partial charge in [-0.1, -0.05) is 24.3 Å². The Morgan fingerprint density at radius 2 is 2.05 bits per heavy atom. The van der Waals surface area contributed by atoms with Gasteiger partial charge in [-0.3, -0.25) is 10.1 Å². The van der Waals surface area contributed by atoms with Gasteiger partial charge in [0.05, 0.1) is 11.5 Å². The molecule has 0 aliphatic carbocycles. The fourth-order valence-electron chi connectivity index (χ4n) is 2.72. The maximum atomic E-state index is 10.9. The van der Waals surface area contributed by atoms with Crippen LogP contribution in [0.1, 0.15) is 28.4 Å². The van der Waals surface area contributed by atoms with E-state index in [1.165, 1.54) is 5.56 Å².